The number of rotatable bonds is 7. The van der Waals surface area contributed by atoms with Gasteiger partial charge in [0.05, 0.1) is 5.69 Å². The zero-order valence-corrected chi connectivity index (χ0v) is 11.4. The Kier molecular flexibility index (Phi) is 6.09. The van der Waals surface area contributed by atoms with Crippen LogP contribution in [0.5, 0.6) is 5.75 Å². The molecule has 1 aromatic rings. The number of alkyl halides is 1. The lowest BCUT2D eigenvalue weighted by Gasteiger charge is -2.17. The molecule has 0 radical (unpaired) electrons. The fourth-order valence-electron chi connectivity index (χ4n) is 1.75. The van der Waals surface area contributed by atoms with E-state index >= 15 is 0 Å². The van der Waals surface area contributed by atoms with E-state index < -0.39 is 6.17 Å². The van der Waals surface area contributed by atoms with Gasteiger partial charge in [-0.3, -0.25) is 5.84 Å². The normalized spacial score (nSPS) is 14.1. The first kappa shape index (κ1) is 15.2. The van der Waals surface area contributed by atoms with Gasteiger partial charge in [0.2, 0.25) is 0 Å². The van der Waals surface area contributed by atoms with Crippen LogP contribution < -0.4 is 16.0 Å². The third-order valence-corrected chi connectivity index (χ3v) is 2.76. The molecular formula is C15H21FN2O. The summed E-state index contributed by atoms with van der Waals surface area (Å²) in [4.78, 5) is 0. The van der Waals surface area contributed by atoms with Gasteiger partial charge in [-0.15, -0.1) is 0 Å². The summed E-state index contributed by atoms with van der Waals surface area (Å²) in [6.07, 6.45) is 3.68. The van der Waals surface area contributed by atoms with Gasteiger partial charge < -0.3 is 10.2 Å². The number of ether oxygens (including phenoxy) is 1. The number of nitrogens with two attached hydrogens (primary N) is 1. The molecule has 0 spiro atoms. The van der Waals surface area contributed by atoms with Crippen LogP contribution >= 0.6 is 0 Å². The van der Waals surface area contributed by atoms with E-state index in [1.807, 2.05) is 19.1 Å². The molecule has 0 bridgehead atoms. The first-order valence-corrected chi connectivity index (χ1v) is 6.24. The second-order valence-corrected chi connectivity index (χ2v) is 4.29. The van der Waals surface area contributed by atoms with Crippen molar-refractivity contribution in [2.75, 3.05) is 5.43 Å². The van der Waals surface area contributed by atoms with Crippen LogP contribution in [0.15, 0.2) is 43.0 Å². The molecule has 0 aromatic heterocycles. The second-order valence-electron chi connectivity index (χ2n) is 4.29. The first-order chi connectivity index (χ1) is 9.10. The van der Waals surface area contributed by atoms with Gasteiger partial charge in [0.1, 0.15) is 18.0 Å². The van der Waals surface area contributed by atoms with Crippen LogP contribution in [0.2, 0.25) is 0 Å². The molecule has 1 rings (SSSR count). The second kappa shape index (κ2) is 7.59. The lowest BCUT2D eigenvalue weighted by atomic mass is 10.1. The quantitative estimate of drug-likeness (QED) is 0.450. The van der Waals surface area contributed by atoms with Crippen LogP contribution in [0, 0.1) is 6.92 Å². The van der Waals surface area contributed by atoms with E-state index in [2.05, 4.69) is 12.0 Å². The topological polar surface area (TPSA) is 47.3 Å². The van der Waals surface area contributed by atoms with Crippen molar-refractivity contribution >= 4 is 5.69 Å². The molecule has 0 aliphatic carbocycles. The monoisotopic (exact) mass is 264 g/mol. The molecular weight excluding hydrogens is 243 g/mol. The number of hydrogen-bond donors (Lipinski definition) is 2. The molecule has 0 aliphatic heterocycles. The molecule has 0 saturated heterocycles. The summed E-state index contributed by atoms with van der Waals surface area (Å²) in [5.41, 5.74) is 4.39. The molecule has 0 amide bonds. The Balaban J connectivity index is 2.70. The zero-order chi connectivity index (χ0) is 14.3. The van der Waals surface area contributed by atoms with E-state index in [4.69, 9.17) is 10.6 Å². The number of hydrogen-bond acceptors (Lipinski definition) is 3. The van der Waals surface area contributed by atoms with E-state index in [-0.39, 0.29) is 12.5 Å². The van der Waals surface area contributed by atoms with Crippen LogP contribution in [0.1, 0.15) is 18.9 Å². The number of aryl methyl sites for hydroxylation is 1. The van der Waals surface area contributed by atoms with Gasteiger partial charge in [-0.25, -0.2) is 4.39 Å². The van der Waals surface area contributed by atoms with Gasteiger partial charge in [-0.05, 0) is 37.6 Å². The van der Waals surface area contributed by atoms with Crippen molar-refractivity contribution in [3.8, 4) is 5.75 Å². The predicted octanol–water partition coefficient (Wildman–Crippen LogP) is 3.52. The Hall–Kier alpha value is -1.81. The standard InChI is InChI=1S/C15H21FN2O/c1-4-6-12(16)10-13(5-2)19-14-7-8-15(18-17)11(3)9-14/h4-9,12-13,18H,2,10,17H2,1,3H3/b6-4-. The smallest absolute Gasteiger partial charge is 0.122 e. The van der Waals surface area contributed by atoms with Crippen molar-refractivity contribution in [3.05, 3.63) is 48.6 Å². The van der Waals surface area contributed by atoms with Crippen molar-refractivity contribution in [1.82, 2.24) is 0 Å². The molecule has 19 heavy (non-hydrogen) atoms. The molecule has 3 nitrogen and oxygen atoms in total. The van der Waals surface area contributed by atoms with Gasteiger partial charge >= 0.3 is 0 Å². The molecule has 0 heterocycles. The van der Waals surface area contributed by atoms with Crippen molar-refractivity contribution < 1.29 is 9.13 Å². The molecule has 1 aromatic carbocycles. The van der Waals surface area contributed by atoms with Crippen molar-refractivity contribution in [2.45, 2.75) is 32.5 Å². The molecule has 0 saturated carbocycles. The summed E-state index contributed by atoms with van der Waals surface area (Å²) in [7, 11) is 0. The van der Waals surface area contributed by atoms with Crippen molar-refractivity contribution in [3.63, 3.8) is 0 Å². The van der Waals surface area contributed by atoms with E-state index in [1.54, 1.807) is 25.1 Å². The highest BCUT2D eigenvalue weighted by molar-refractivity contribution is 5.52. The largest absolute Gasteiger partial charge is 0.486 e. The average molecular weight is 264 g/mol. The van der Waals surface area contributed by atoms with Gasteiger partial charge in [-0.1, -0.05) is 24.8 Å². The maximum atomic E-state index is 13.5. The minimum atomic E-state index is -1.03. The molecule has 0 fully saturated rings. The summed E-state index contributed by atoms with van der Waals surface area (Å²) in [5.74, 6) is 6.04. The van der Waals surface area contributed by atoms with E-state index in [0.29, 0.717) is 5.75 Å². The van der Waals surface area contributed by atoms with Crippen LogP contribution in [0.25, 0.3) is 0 Å². The number of nitrogen functional groups attached to an aromatic ring is 1. The van der Waals surface area contributed by atoms with E-state index in [0.717, 1.165) is 11.3 Å². The summed E-state index contributed by atoms with van der Waals surface area (Å²) in [6, 6.07) is 5.47. The highest BCUT2D eigenvalue weighted by Crippen LogP contribution is 2.22. The number of hydrazine groups is 1. The van der Waals surface area contributed by atoms with Gasteiger partial charge in [0, 0.05) is 6.42 Å². The lowest BCUT2D eigenvalue weighted by Crippen LogP contribution is -2.18. The lowest BCUT2D eigenvalue weighted by molar-refractivity contribution is 0.202. The molecule has 2 atom stereocenters. The Morgan fingerprint density at radius 2 is 2.26 bits per heavy atom. The molecule has 3 N–H and O–H groups in total. The van der Waals surface area contributed by atoms with Gasteiger partial charge in [0.15, 0.2) is 0 Å². The van der Waals surface area contributed by atoms with Crippen molar-refractivity contribution in [2.24, 2.45) is 5.84 Å². The Morgan fingerprint density at radius 1 is 1.53 bits per heavy atom. The third kappa shape index (κ3) is 4.75. The fraction of sp³-hybridized carbons (Fsp3) is 0.333. The minimum absolute atomic E-state index is 0.254. The highest BCUT2D eigenvalue weighted by atomic mass is 19.1. The number of nitrogens with one attached hydrogen (secondary N) is 1. The highest BCUT2D eigenvalue weighted by Gasteiger charge is 2.12. The first-order valence-electron chi connectivity index (χ1n) is 6.24. The van der Waals surface area contributed by atoms with Gasteiger partial charge in [-0.2, -0.15) is 0 Å². The van der Waals surface area contributed by atoms with E-state index in [9.17, 15) is 4.39 Å². The summed E-state index contributed by atoms with van der Waals surface area (Å²) in [6.45, 7) is 7.39. The molecule has 104 valence electrons. The summed E-state index contributed by atoms with van der Waals surface area (Å²) >= 11 is 0. The predicted molar refractivity (Wildman–Crippen MR) is 77.9 cm³/mol. The Morgan fingerprint density at radius 3 is 2.79 bits per heavy atom. The number of halogens is 1. The molecule has 0 aliphatic rings. The Bertz CT molecular complexity index is 446. The number of benzene rings is 1. The van der Waals surface area contributed by atoms with Crippen LogP contribution in [0.3, 0.4) is 0 Å². The number of allylic oxidation sites excluding steroid dienone is 2. The average Bonchev–Trinajstić information content (AvgIpc) is 2.38. The summed E-state index contributed by atoms with van der Waals surface area (Å²) < 4.78 is 19.2. The maximum Gasteiger partial charge on any atom is 0.122 e. The maximum absolute atomic E-state index is 13.5. The fourth-order valence-corrected chi connectivity index (χ4v) is 1.75. The van der Waals surface area contributed by atoms with E-state index in [1.165, 1.54) is 6.08 Å². The zero-order valence-electron chi connectivity index (χ0n) is 11.4. The van der Waals surface area contributed by atoms with Crippen molar-refractivity contribution in [1.29, 1.82) is 0 Å². The summed E-state index contributed by atoms with van der Waals surface area (Å²) in [5, 5.41) is 0. The Labute approximate surface area is 113 Å². The third-order valence-electron chi connectivity index (χ3n) is 2.76. The number of anilines is 1. The van der Waals surface area contributed by atoms with Crippen LogP contribution in [-0.2, 0) is 0 Å². The molecule has 2 unspecified atom stereocenters. The minimum Gasteiger partial charge on any atom is -0.486 e. The molecule has 4 heteroatoms. The van der Waals surface area contributed by atoms with Crippen LogP contribution in [0.4, 0.5) is 10.1 Å². The van der Waals surface area contributed by atoms with Crippen LogP contribution in [-0.4, -0.2) is 12.3 Å². The SMILES string of the molecule is C=CC(CC(F)/C=C\C)Oc1ccc(NN)c(C)c1. The van der Waals surface area contributed by atoms with Gasteiger partial charge in [0.25, 0.3) is 0 Å².